The van der Waals surface area contributed by atoms with Crippen molar-refractivity contribution in [3.8, 4) is 0 Å². The summed E-state index contributed by atoms with van der Waals surface area (Å²) in [5.74, 6) is -3.25. The maximum atomic E-state index is 12.9. The second-order valence-corrected chi connectivity index (χ2v) is 18.6. The molecule has 2 saturated heterocycles. The molecule has 62 heavy (non-hydrogen) atoms. The maximum Gasteiger partial charge on any atom is 0.411 e. The number of esters is 1. The molecule has 2 aliphatic carbocycles. The molecule has 4 amide bonds. The third-order valence-electron chi connectivity index (χ3n) is 10.1. The molecule has 2 heterocycles. The first-order chi connectivity index (χ1) is 27.1. The third kappa shape index (κ3) is 19.3. The molecule has 4 aliphatic rings. The molecule has 0 aromatic heterocycles. The summed E-state index contributed by atoms with van der Waals surface area (Å²) >= 11 is 0. The van der Waals surface area contributed by atoms with Crippen LogP contribution in [-0.2, 0) is 38.1 Å². The number of aliphatic hydroxyl groups excluding tert-OH is 2. The van der Waals surface area contributed by atoms with Crippen LogP contribution in [-0.4, -0.2) is 147 Å². The summed E-state index contributed by atoms with van der Waals surface area (Å²) in [7, 11) is 1.25. The Kier molecular flexibility index (Phi) is 24.7. The van der Waals surface area contributed by atoms with E-state index in [4.69, 9.17) is 19.3 Å². The summed E-state index contributed by atoms with van der Waals surface area (Å²) in [6.45, 7) is 15.9. The van der Waals surface area contributed by atoms with Crippen LogP contribution in [0.15, 0.2) is 0 Å². The lowest BCUT2D eigenvalue weighted by Crippen LogP contribution is -2.57. The lowest BCUT2D eigenvalue weighted by atomic mass is 9.85. The zero-order valence-electron chi connectivity index (χ0n) is 36.3. The van der Waals surface area contributed by atoms with E-state index in [1.165, 1.54) is 12.0 Å². The van der Waals surface area contributed by atoms with Gasteiger partial charge in [-0.15, -0.1) is 0 Å². The van der Waals surface area contributed by atoms with Gasteiger partial charge in [0.25, 0.3) is 0 Å². The summed E-state index contributed by atoms with van der Waals surface area (Å²) in [6.07, 6.45) is 4.08. The van der Waals surface area contributed by atoms with E-state index >= 15 is 0 Å². The van der Waals surface area contributed by atoms with Crippen LogP contribution in [0.5, 0.6) is 0 Å². The highest BCUT2D eigenvalue weighted by Crippen LogP contribution is 2.28. The standard InChI is InChI=1S/C17H28N2O6.C12H21NO4.C11H19NO5.3CH4/c1-17(2,3)13(18-16(24)25-11-6-4-5-7-11)14(21)19-9-10(20)8-12(19)15(22)23;1-12(2,3)9(10(14)15)13-11(16)17-8-6-4-5-7-8;1-11(2,3)17-10(15)12-6-7(13)5-8(12)9(14)16-4;;;/h10-13,20H,4-9H2,1-3H3,(H,18,24)(H,22,23);8-9H,4-7H2,1-3H3,(H,13,16)(H,14,15);7-8,13H,5-6H2,1-4H3;3*1H4/t10-,12+,13-;9-;7-,8+;;;/m111.../s1. The van der Waals surface area contributed by atoms with Gasteiger partial charge < -0.3 is 54.9 Å². The average Bonchev–Trinajstić information content (AvgIpc) is 3.93. The number of carboxylic acids is 2. The zero-order valence-corrected chi connectivity index (χ0v) is 36.3. The van der Waals surface area contributed by atoms with Crippen molar-refractivity contribution in [2.45, 2.75) is 203 Å². The molecule has 2 aliphatic heterocycles. The summed E-state index contributed by atoms with van der Waals surface area (Å²) in [4.78, 5) is 84.7. The van der Waals surface area contributed by atoms with Gasteiger partial charge in [-0.3, -0.25) is 9.69 Å². The number of carbonyl (C=O) groups is 7. The lowest BCUT2D eigenvalue weighted by molar-refractivity contribution is -0.150. The number of β-amino-alcohol motifs (C(OH)–C–C–N with tert-alkyl or cyclic N) is 2. The van der Waals surface area contributed by atoms with Crippen molar-refractivity contribution < 1.29 is 72.9 Å². The second-order valence-electron chi connectivity index (χ2n) is 18.6. The summed E-state index contributed by atoms with van der Waals surface area (Å²) in [5, 5.41) is 42.6. The van der Waals surface area contributed by atoms with Crippen molar-refractivity contribution in [1.82, 2.24) is 20.4 Å². The quantitative estimate of drug-likeness (QED) is 0.126. The SMILES string of the molecule is C.C.C.CC(C)(C)[C@H](NC(=O)OC1CCCC1)C(=O)N1C[C@H](O)C[C@H]1C(=O)O.CC(C)(C)[C@H](NC(=O)OC1CCCC1)C(=O)O.COC(=O)[C@@H]1C[C@@H](O)CN1C(=O)OC(C)(C)C. The van der Waals surface area contributed by atoms with Gasteiger partial charge in [-0.2, -0.15) is 0 Å². The molecule has 0 aromatic rings. The highest BCUT2D eigenvalue weighted by Gasteiger charge is 2.45. The number of hydrogen-bond donors (Lipinski definition) is 6. The van der Waals surface area contributed by atoms with E-state index in [9.17, 15) is 48.9 Å². The summed E-state index contributed by atoms with van der Waals surface area (Å²) in [6, 6.07) is -3.71. The first kappa shape index (κ1) is 59.7. The number of likely N-dealkylation sites (tertiary alicyclic amines) is 2. The molecule has 2 saturated carbocycles. The first-order valence-electron chi connectivity index (χ1n) is 20.3. The van der Waals surface area contributed by atoms with Crippen molar-refractivity contribution in [2.75, 3.05) is 20.2 Å². The molecular weight excluding hydrogens is 812 g/mol. The van der Waals surface area contributed by atoms with Crippen molar-refractivity contribution >= 4 is 42.1 Å². The monoisotopic (exact) mass is 893 g/mol. The lowest BCUT2D eigenvalue weighted by Gasteiger charge is -2.34. The Morgan fingerprint density at radius 2 is 1.00 bits per heavy atom. The molecular formula is C43H80N4O15. The van der Waals surface area contributed by atoms with E-state index < -0.39 is 94.9 Å². The molecule has 6 N–H and O–H groups in total. The molecule has 19 nitrogen and oxygen atoms in total. The van der Waals surface area contributed by atoms with Crippen molar-refractivity contribution in [1.29, 1.82) is 0 Å². The molecule has 6 atom stereocenters. The minimum absolute atomic E-state index is 0. The van der Waals surface area contributed by atoms with Gasteiger partial charge >= 0.3 is 36.2 Å². The van der Waals surface area contributed by atoms with E-state index in [-0.39, 0.29) is 60.4 Å². The molecule has 0 spiro atoms. The van der Waals surface area contributed by atoms with Gasteiger partial charge in [-0.05, 0) is 83.0 Å². The van der Waals surface area contributed by atoms with Crippen LogP contribution in [0, 0.1) is 10.8 Å². The molecule has 4 rings (SSSR count). The van der Waals surface area contributed by atoms with E-state index in [0.717, 1.165) is 56.3 Å². The summed E-state index contributed by atoms with van der Waals surface area (Å²) < 4.78 is 20.3. The minimum atomic E-state index is -1.16. The Morgan fingerprint density at radius 3 is 1.35 bits per heavy atom. The largest absolute Gasteiger partial charge is 0.480 e. The van der Waals surface area contributed by atoms with E-state index in [2.05, 4.69) is 15.4 Å². The van der Waals surface area contributed by atoms with Crippen LogP contribution in [0.4, 0.5) is 14.4 Å². The zero-order chi connectivity index (χ0) is 45.0. The van der Waals surface area contributed by atoms with E-state index in [0.29, 0.717) is 0 Å². The Labute approximate surface area is 368 Å². The number of nitrogens with zero attached hydrogens (tertiary/aromatic N) is 2. The van der Waals surface area contributed by atoms with Crippen molar-refractivity contribution in [3.05, 3.63) is 0 Å². The Hall–Kier alpha value is -4.39. The van der Waals surface area contributed by atoms with Crippen LogP contribution in [0.1, 0.15) is 149 Å². The van der Waals surface area contributed by atoms with Crippen molar-refractivity contribution in [3.63, 3.8) is 0 Å². The normalized spacial score (nSPS) is 22.3. The highest BCUT2D eigenvalue weighted by atomic mass is 16.6. The molecule has 0 aromatic carbocycles. The van der Waals surface area contributed by atoms with Gasteiger partial charge in [0.2, 0.25) is 5.91 Å². The van der Waals surface area contributed by atoms with Crippen LogP contribution in [0.25, 0.3) is 0 Å². The number of nitrogens with one attached hydrogen (secondary N) is 2. The van der Waals surface area contributed by atoms with Crippen LogP contribution < -0.4 is 10.6 Å². The molecule has 362 valence electrons. The Morgan fingerprint density at radius 1 is 0.613 bits per heavy atom. The van der Waals surface area contributed by atoms with E-state index in [1.54, 1.807) is 62.3 Å². The Balaban J connectivity index is 0. The second kappa shape index (κ2) is 25.7. The predicted octanol–water partition coefficient (Wildman–Crippen LogP) is 5.71. The number of ether oxygens (including phenoxy) is 4. The fourth-order valence-electron chi connectivity index (χ4n) is 7.07. The molecule has 0 bridgehead atoms. The topological polar surface area (TPSA) is 268 Å². The smallest absolute Gasteiger partial charge is 0.411 e. The van der Waals surface area contributed by atoms with Gasteiger partial charge in [0, 0.05) is 19.4 Å². The number of hydrogen-bond acceptors (Lipinski definition) is 13. The van der Waals surface area contributed by atoms with E-state index in [1.807, 2.05) is 0 Å². The number of carboxylic acid groups (broad SMARTS) is 2. The number of methoxy groups -OCH3 is 1. The van der Waals surface area contributed by atoms with Gasteiger partial charge in [0.05, 0.1) is 25.9 Å². The van der Waals surface area contributed by atoms with Crippen LogP contribution in [0.2, 0.25) is 0 Å². The average molecular weight is 893 g/mol. The van der Waals surface area contributed by atoms with Gasteiger partial charge in [-0.1, -0.05) is 63.8 Å². The molecule has 4 fully saturated rings. The first-order valence-corrected chi connectivity index (χ1v) is 20.3. The van der Waals surface area contributed by atoms with Crippen LogP contribution >= 0.6 is 0 Å². The fourth-order valence-corrected chi connectivity index (χ4v) is 7.07. The third-order valence-corrected chi connectivity index (χ3v) is 10.1. The number of amides is 4. The minimum Gasteiger partial charge on any atom is -0.480 e. The molecule has 19 heteroatoms. The Bertz CT molecular complexity index is 1460. The maximum absolute atomic E-state index is 12.9. The van der Waals surface area contributed by atoms with Crippen molar-refractivity contribution in [2.24, 2.45) is 10.8 Å². The number of alkyl carbamates (subject to hydrolysis) is 2. The highest BCUT2D eigenvalue weighted by molar-refractivity contribution is 5.90. The van der Waals surface area contributed by atoms with Gasteiger partial charge in [0.15, 0.2) is 0 Å². The molecule has 0 unspecified atom stereocenters. The van der Waals surface area contributed by atoms with Crippen LogP contribution in [0.3, 0.4) is 0 Å². The summed E-state index contributed by atoms with van der Waals surface area (Å²) in [5.41, 5.74) is -1.81. The predicted molar refractivity (Wildman–Crippen MR) is 231 cm³/mol. The van der Waals surface area contributed by atoms with Gasteiger partial charge in [-0.25, -0.2) is 28.8 Å². The van der Waals surface area contributed by atoms with Gasteiger partial charge in [0.1, 0.15) is 42.0 Å². The number of aliphatic carboxylic acids is 2. The number of aliphatic hydroxyl groups is 2. The fraction of sp³-hybridized carbons (Fsp3) is 0.837. The molecule has 0 radical (unpaired) electrons. The number of rotatable bonds is 8. The number of carbonyl (C=O) groups excluding carboxylic acids is 5.